The molecule has 2 rings (SSSR count). The predicted molar refractivity (Wildman–Crippen MR) is 67.0 cm³/mol. The van der Waals surface area contributed by atoms with E-state index in [0.717, 1.165) is 9.92 Å². The molecule has 2 aromatic rings. The summed E-state index contributed by atoms with van der Waals surface area (Å²) in [6.07, 6.45) is 1.75. The Morgan fingerprint density at radius 2 is 2.06 bits per heavy atom. The molecule has 0 saturated carbocycles. The summed E-state index contributed by atoms with van der Waals surface area (Å²) >= 11 is 1.46. The standard InChI is InChI=1S/C12H12N2O2S/c13-9-4-1-2-5-10(9)17-11-6-3-7-14(11)8-12(15)16/h1-7H,8,13H2,(H,15,16). The van der Waals surface area contributed by atoms with Crippen molar-refractivity contribution in [1.82, 2.24) is 4.57 Å². The van der Waals surface area contributed by atoms with Crippen LogP contribution >= 0.6 is 11.8 Å². The van der Waals surface area contributed by atoms with Crippen molar-refractivity contribution in [2.24, 2.45) is 0 Å². The lowest BCUT2D eigenvalue weighted by Crippen LogP contribution is -2.08. The van der Waals surface area contributed by atoms with E-state index in [4.69, 9.17) is 10.8 Å². The molecule has 0 aliphatic heterocycles. The Morgan fingerprint density at radius 3 is 2.76 bits per heavy atom. The van der Waals surface area contributed by atoms with Gasteiger partial charge < -0.3 is 15.4 Å². The van der Waals surface area contributed by atoms with Gasteiger partial charge in [0.25, 0.3) is 0 Å². The maximum atomic E-state index is 10.7. The highest BCUT2D eigenvalue weighted by atomic mass is 32.2. The quantitative estimate of drug-likeness (QED) is 0.815. The molecule has 1 aromatic heterocycles. The van der Waals surface area contributed by atoms with E-state index in [1.807, 2.05) is 36.4 Å². The maximum Gasteiger partial charge on any atom is 0.323 e. The molecule has 0 radical (unpaired) electrons. The molecular formula is C12H12N2O2S. The summed E-state index contributed by atoms with van der Waals surface area (Å²) in [5, 5.41) is 9.64. The number of nitrogens with two attached hydrogens (primary N) is 1. The van der Waals surface area contributed by atoms with Crippen molar-refractivity contribution in [1.29, 1.82) is 0 Å². The van der Waals surface area contributed by atoms with Crippen molar-refractivity contribution in [3.63, 3.8) is 0 Å². The summed E-state index contributed by atoms with van der Waals surface area (Å²) in [5.41, 5.74) is 6.54. The highest BCUT2D eigenvalue weighted by Gasteiger charge is 2.07. The van der Waals surface area contributed by atoms with E-state index in [2.05, 4.69) is 0 Å². The smallest absolute Gasteiger partial charge is 0.323 e. The van der Waals surface area contributed by atoms with Crippen LogP contribution in [0.2, 0.25) is 0 Å². The number of aromatic nitrogens is 1. The minimum Gasteiger partial charge on any atom is -0.480 e. The Hall–Kier alpha value is -1.88. The molecule has 17 heavy (non-hydrogen) atoms. The number of nitrogen functional groups attached to an aromatic ring is 1. The topological polar surface area (TPSA) is 68.2 Å². The van der Waals surface area contributed by atoms with Crippen molar-refractivity contribution in [2.75, 3.05) is 5.73 Å². The first kappa shape index (κ1) is 11.6. The summed E-state index contributed by atoms with van der Waals surface area (Å²) in [4.78, 5) is 11.6. The Morgan fingerprint density at radius 1 is 1.29 bits per heavy atom. The van der Waals surface area contributed by atoms with Crippen molar-refractivity contribution in [3.05, 3.63) is 42.6 Å². The molecule has 1 heterocycles. The molecular weight excluding hydrogens is 236 g/mol. The van der Waals surface area contributed by atoms with Gasteiger partial charge >= 0.3 is 5.97 Å². The van der Waals surface area contributed by atoms with Gasteiger partial charge in [-0.2, -0.15) is 0 Å². The SMILES string of the molecule is Nc1ccccc1Sc1cccn1CC(=O)O. The molecule has 0 aliphatic rings. The van der Waals surface area contributed by atoms with E-state index in [-0.39, 0.29) is 6.54 Å². The molecule has 0 bridgehead atoms. The van der Waals surface area contributed by atoms with Gasteiger partial charge in [0.1, 0.15) is 6.54 Å². The van der Waals surface area contributed by atoms with E-state index in [1.165, 1.54) is 11.8 Å². The van der Waals surface area contributed by atoms with Crippen molar-refractivity contribution in [3.8, 4) is 0 Å². The zero-order chi connectivity index (χ0) is 12.3. The Bertz CT molecular complexity index is 537. The second-order valence-corrected chi connectivity index (χ2v) is 4.57. The number of carboxylic acids is 1. The Labute approximate surface area is 103 Å². The molecule has 3 N–H and O–H groups in total. The highest BCUT2D eigenvalue weighted by Crippen LogP contribution is 2.31. The number of anilines is 1. The van der Waals surface area contributed by atoms with Crippen LogP contribution in [-0.4, -0.2) is 15.6 Å². The lowest BCUT2D eigenvalue weighted by Gasteiger charge is -2.07. The molecule has 0 fully saturated rings. The third kappa shape index (κ3) is 2.82. The van der Waals surface area contributed by atoms with Crippen molar-refractivity contribution in [2.45, 2.75) is 16.5 Å². The van der Waals surface area contributed by atoms with Gasteiger partial charge in [0.15, 0.2) is 0 Å². The lowest BCUT2D eigenvalue weighted by molar-refractivity contribution is -0.137. The van der Waals surface area contributed by atoms with E-state index in [1.54, 1.807) is 10.8 Å². The first-order chi connectivity index (χ1) is 8.16. The first-order valence-corrected chi connectivity index (χ1v) is 5.88. The average Bonchev–Trinajstić information content (AvgIpc) is 2.68. The fourth-order valence-corrected chi connectivity index (χ4v) is 2.40. The largest absolute Gasteiger partial charge is 0.480 e. The zero-order valence-electron chi connectivity index (χ0n) is 9.04. The summed E-state index contributed by atoms with van der Waals surface area (Å²) < 4.78 is 1.68. The van der Waals surface area contributed by atoms with Crippen LogP contribution < -0.4 is 5.73 Å². The minimum atomic E-state index is -0.857. The lowest BCUT2D eigenvalue weighted by atomic mass is 10.3. The van der Waals surface area contributed by atoms with Gasteiger partial charge in [-0.05, 0) is 24.3 Å². The average molecular weight is 248 g/mol. The fraction of sp³-hybridized carbons (Fsp3) is 0.0833. The molecule has 5 heteroatoms. The van der Waals surface area contributed by atoms with Gasteiger partial charge in [-0.15, -0.1) is 0 Å². The van der Waals surface area contributed by atoms with Crippen LogP contribution in [0.4, 0.5) is 5.69 Å². The number of hydrogen-bond donors (Lipinski definition) is 2. The molecule has 0 amide bonds. The molecule has 88 valence electrons. The Kier molecular flexibility index (Phi) is 3.39. The summed E-state index contributed by atoms with van der Waals surface area (Å²) in [5.74, 6) is -0.857. The number of hydrogen-bond acceptors (Lipinski definition) is 3. The van der Waals surface area contributed by atoms with Crippen molar-refractivity contribution >= 4 is 23.4 Å². The molecule has 0 spiro atoms. The van der Waals surface area contributed by atoms with Gasteiger partial charge in [-0.3, -0.25) is 4.79 Å². The van der Waals surface area contributed by atoms with Crippen LogP contribution in [0.1, 0.15) is 0 Å². The predicted octanol–water partition coefficient (Wildman–Crippen LogP) is 2.31. The van der Waals surface area contributed by atoms with Gasteiger partial charge in [0.2, 0.25) is 0 Å². The van der Waals surface area contributed by atoms with Crippen molar-refractivity contribution < 1.29 is 9.90 Å². The van der Waals surface area contributed by atoms with Gasteiger partial charge in [-0.1, -0.05) is 23.9 Å². The second kappa shape index (κ2) is 4.97. The van der Waals surface area contributed by atoms with Crippen LogP contribution in [0.3, 0.4) is 0 Å². The first-order valence-electron chi connectivity index (χ1n) is 5.06. The Balaban J connectivity index is 2.22. The maximum absolute atomic E-state index is 10.7. The third-order valence-electron chi connectivity index (χ3n) is 2.23. The van der Waals surface area contributed by atoms with Crippen LogP contribution in [0.15, 0.2) is 52.5 Å². The number of carbonyl (C=O) groups is 1. The van der Waals surface area contributed by atoms with E-state index >= 15 is 0 Å². The summed E-state index contributed by atoms with van der Waals surface area (Å²) in [7, 11) is 0. The van der Waals surface area contributed by atoms with Crippen LogP contribution in [0.5, 0.6) is 0 Å². The number of carboxylic acid groups (broad SMARTS) is 1. The van der Waals surface area contributed by atoms with E-state index < -0.39 is 5.97 Å². The zero-order valence-corrected chi connectivity index (χ0v) is 9.85. The normalized spacial score (nSPS) is 10.4. The third-order valence-corrected chi connectivity index (χ3v) is 3.40. The summed E-state index contributed by atoms with van der Waals surface area (Å²) in [6, 6.07) is 11.2. The number of benzene rings is 1. The van der Waals surface area contributed by atoms with Crippen LogP contribution in [-0.2, 0) is 11.3 Å². The molecule has 0 atom stereocenters. The molecule has 4 nitrogen and oxygen atoms in total. The minimum absolute atomic E-state index is 0.0396. The van der Waals surface area contributed by atoms with Gasteiger partial charge in [0, 0.05) is 16.8 Å². The number of rotatable bonds is 4. The number of aliphatic carboxylic acids is 1. The van der Waals surface area contributed by atoms with E-state index in [9.17, 15) is 4.79 Å². The fourth-order valence-electron chi connectivity index (χ4n) is 1.45. The van der Waals surface area contributed by atoms with E-state index in [0.29, 0.717) is 5.69 Å². The van der Waals surface area contributed by atoms with Gasteiger partial charge in [-0.25, -0.2) is 0 Å². The molecule has 1 aromatic carbocycles. The van der Waals surface area contributed by atoms with Gasteiger partial charge in [0.05, 0.1) is 5.03 Å². The van der Waals surface area contributed by atoms with Crippen LogP contribution in [0, 0.1) is 0 Å². The monoisotopic (exact) mass is 248 g/mol. The number of nitrogens with zero attached hydrogens (tertiary/aromatic N) is 1. The van der Waals surface area contributed by atoms with Crippen LogP contribution in [0.25, 0.3) is 0 Å². The molecule has 0 unspecified atom stereocenters. The molecule has 0 aliphatic carbocycles. The highest BCUT2D eigenvalue weighted by molar-refractivity contribution is 7.99. The number of para-hydroxylation sites is 1. The summed E-state index contributed by atoms with van der Waals surface area (Å²) in [6.45, 7) is -0.0396. The second-order valence-electron chi connectivity index (χ2n) is 3.51. The molecule has 0 saturated heterocycles.